The van der Waals surface area contributed by atoms with Gasteiger partial charge in [-0.1, -0.05) is 6.07 Å². The van der Waals surface area contributed by atoms with Crippen molar-refractivity contribution in [3.05, 3.63) is 60.3 Å². The number of Topliss-reactive ketones (excluding diaryl/α,β-unsaturated/α-hetero) is 1. The number of halogens is 2. The van der Waals surface area contributed by atoms with Gasteiger partial charge in [0.1, 0.15) is 11.5 Å². The van der Waals surface area contributed by atoms with Crippen LogP contribution in [-0.4, -0.2) is 27.3 Å². The lowest BCUT2D eigenvalue weighted by molar-refractivity contribution is 0.0969. The number of benzene rings is 1. The van der Waals surface area contributed by atoms with Crippen LogP contribution in [-0.2, 0) is 13.5 Å². The minimum atomic E-state index is -0.370. The predicted molar refractivity (Wildman–Crippen MR) is 101 cm³/mol. The van der Waals surface area contributed by atoms with Crippen LogP contribution in [0.2, 0.25) is 0 Å². The van der Waals surface area contributed by atoms with E-state index in [-0.39, 0.29) is 42.3 Å². The molecule has 0 aliphatic heterocycles. The molecule has 2 aromatic rings. The third-order valence-corrected chi connectivity index (χ3v) is 4.73. The first kappa shape index (κ1) is 19.7. The van der Waals surface area contributed by atoms with Crippen LogP contribution in [0.15, 0.2) is 23.0 Å². The summed E-state index contributed by atoms with van der Waals surface area (Å²) >= 11 is 2.03. The average molecular weight is 458 g/mol. The first-order valence-corrected chi connectivity index (χ1v) is 9.07. The van der Waals surface area contributed by atoms with Crippen LogP contribution in [0.5, 0.6) is 0 Å². The molecule has 0 saturated heterocycles. The van der Waals surface area contributed by atoms with Gasteiger partial charge in [0.15, 0.2) is 5.78 Å². The lowest BCUT2D eigenvalue weighted by atomic mass is 9.96. The fourth-order valence-electron chi connectivity index (χ4n) is 2.62. The van der Waals surface area contributed by atoms with E-state index in [1.165, 1.54) is 13.1 Å². The molecular weight excluding hydrogens is 438 g/mol. The molecule has 7 heteroatoms. The number of aromatic nitrogens is 2. The Hall–Kier alpha value is -1.61. The Morgan fingerprint density at radius 3 is 2.72 bits per heavy atom. The van der Waals surface area contributed by atoms with Crippen molar-refractivity contribution >= 4 is 28.4 Å². The minimum absolute atomic E-state index is 0.0216. The largest absolute Gasteiger partial charge is 0.396 e. The molecule has 0 amide bonds. The molecule has 0 bridgehead atoms. The molecule has 0 radical (unpaired) electrons. The first-order chi connectivity index (χ1) is 11.8. The standard InChI is InChI=1S/C18H20FIN2O3/c1-11-14(9-12-6-7-13(20)10-15(12)19)17(21-22(2)18(11)25)16(24)5-3-4-8-23/h6-7,10,23H,3-5,8-9H2,1-2H3. The molecule has 0 fully saturated rings. The summed E-state index contributed by atoms with van der Waals surface area (Å²) in [4.78, 5) is 24.7. The number of carbonyl (C=O) groups excluding carboxylic acids is 1. The molecule has 0 atom stereocenters. The van der Waals surface area contributed by atoms with Gasteiger partial charge in [0.25, 0.3) is 5.56 Å². The van der Waals surface area contributed by atoms with Gasteiger partial charge in [-0.05, 0) is 65.6 Å². The van der Waals surface area contributed by atoms with Gasteiger partial charge in [0.2, 0.25) is 0 Å². The Labute approximate surface area is 159 Å². The van der Waals surface area contributed by atoms with E-state index in [0.29, 0.717) is 29.5 Å². The van der Waals surface area contributed by atoms with Crippen LogP contribution >= 0.6 is 22.6 Å². The second-order valence-electron chi connectivity index (χ2n) is 5.90. The number of aliphatic hydroxyl groups is 1. The maximum absolute atomic E-state index is 14.2. The van der Waals surface area contributed by atoms with Crippen LogP contribution in [0.1, 0.15) is 46.4 Å². The number of ketones is 1. The lowest BCUT2D eigenvalue weighted by Gasteiger charge is -2.13. The molecule has 1 aromatic carbocycles. The van der Waals surface area contributed by atoms with Crippen molar-refractivity contribution in [2.24, 2.45) is 7.05 Å². The van der Waals surface area contributed by atoms with E-state index in [1.54, 1.807) is 19.1 Å². The average Bonchev–Trinajstić information content (AvgIpc) is 2.57. The third kappa shape index (κ3) is 4.72. The van der Waals surface area contributed by atoms with Crippen molar-refractivity contribution in [3.63, 3.8) is 0 Å². The zero-order valence-electron chi connectivity index (χ0n) is 14.2. The smallest absolute Gasteiger partial charge is 0.269 e. The molecule has 25 heavy (non-hydrogen) atoms. The van der Waals surface area contributed by atoms with E-state index in [0.717, 1.165) is 8.25 Å². The molecule has 0 aliphatic rings. The molecular formula is C18H20FIN2O3. The van der Waals surface area contributed by atoms with Gasteiger partial charge in [-0.15, -0.1) is 0 Å². The SMILES string of the molecule is Cc1c(Cc2ccc(I)cc2F)c(C(=O)CCCCO)nn(C)c1=O. The van der Waals surface area contributed by atoms with Gasteiger partial charge in [-0.2, -0.15) is 5.10 Å². The number of rotatable bonds is 7. The fraction of sp³-hybridized carbons (Fsp3) is 0.389. The van der Waals surface area contributed by atoms with Crippen LogP contribution in [0.4, 0.5) is 4.39 Å². The topological polar surface area (TPSA) is 72.2 Å². The van der Waals surface area contributed by atoms with Gasteiger partial charge in [0.05, 0.1) is 0 Å². The van der Waals surface area contributed by atoms with E-state index in [1.807, 2.05) is 22.6 Å². The summed E-state index contributed by atoms with van der Waals surface area (Å²) in [6.45, 7) is 1.65. The Morgan fingerprint density at radius 1 is 1.36 bits per heavy atom. The van der Waals surface area contributed by atoms with Crippen LogP contribution in [0.25, 0.3) is 0 Å². The second-order valence-corrected chi connectivity index (χ2v) is 7.14. The molecule has 0 unspecified atom stereocenters. The number of nitrogens with zero attached hydrogens (tertiary/aromatic N) is 2. The summed E-state index contributed by atoms with van der Waals surface area (Å²) in [6, 6.07) is 4.86. The Balaban J connectivity index is 2.45. The number of hydrogen-bond donors (Lipinski definition) is 1. The molecule has 2 rings (SSSR count). The second kappa shape index (κ2) is 8.66. The predicted octanol–water partition coefficient (Wildman–Crippen LogP) is 2.77. The highest BCUT2D eigenvalue weighted by Gasteiger charge is 2.20. The van der Waals surface area contributed by atoms with Gasteiger partial charge >= 0.3 is 0 Å². The molecule has 134 valence electrons. The number of hydrogen-bond acceptors (Lipinski definition) is 4. The van der Waals surface area contributed by atoms with E-state index in [9.17, 15) is 14.0 Å². The van der Waals surface area contributed by atoms with Crippen molar-refractivity contribution in [1.29, 1.82) is 0 Å². The van der Waals surface area contributed by atoms with Gasteiger partial charge in [-0.25, -0.2) is 9.07 Å². The van der Waals surface area contributed by atoms with Crippen molar-refractivity contribution in [3.8, 4) is 0 Å². The van der Waals surface area contributed by atoms with Crippen molar-refractivity contribution < 1.29 is 14.3 Å². The molecule has 0 spiro atoms. The lowest BCUT2D eigenvalue weighted by Crippen LogP contribution is -2.28. The summed E-state index contributed by atoms with van der Waals surface area (Å²) in [5.74, 6) is -0.571. The summed E-state index contributed by atoms with van der Waals surface area (Å²) in [6.07, 6.45) is 1.43. The minimum Gasteiger partial charge on any atom is -0.396 e. The van der Waals surface area contributed by atoms with E-state index < -0.39 is 0 Å². The van der Waals surface area contributed by atoms with E-state index in [2.05, 4.69) is 5.10 Å². The van der Waals surface area contributed by atoms with Gasteiger partial charge in [0, 0.05) is 35.6 Å². The number of aryl methyl sites for hydroxylation is 1. The Kier molecular flexibility index (Phi) is 6.83. The molecule has 0 saturated carbocycles. The van der Waals surface area contributed by atoms with Crippen LogP contribution in [0, 0.1) is 16.3 Å². The Morgan fingerprint density at radius 2 is 2.08 bits per heavy atom. The molecule has 5 nitrogen and oxygen atoms in total. The summed E-state index contributed by atoms with van der Waals surface area (Å²) in [7, 11) is 1.50. The van der Waals surface area contributed by atoms with Crippen LogP contribution in [0.3, 0.4) is 0 Å². The van der Waals surface area contributed by atoms with Crippen molar-refractivity contribution in [1.82, 2.24) is 9.78 Å². The van der Waals surface area contributed by atoms with Crippen molar-refractivity contribution in [2.45, 2.75) is 32.6 Å². The highest BCUT2D eigenvalue weighted by Crippen LogP contribution is 2.20. The highest BCUT2D eigenvalue weighted by atomic mass is 127. The zero-order chi connectivity index (χ0) is 18.6. The normalized spacial score (nSPS) is 10.9. The van der Waals surface area contributed by atoms with E-state index >= 15 is 0 Å². The monoisotopic (exact) mass is 458 g/mol. The van der Waals surface area contributed by atoms with Gasteiger partial charge < -0.3 is 5.11 Å². The molecule has 0 aliphatic carbocycles. The fourth-order valence-corrected chi connectivity index (χ4v) is 3.07. The van der Waals surface area contributed by atoms with Gasteiger partial charge in [-0.3, -0.25) is 9.59 Å². The highest BCUT2D eigenvalue weighted by molar-refractivity contribution is 14.1. The molecule has 1 aromatic heterocycles. The number of aliphatic hydroxyl groups excluding tert-OH is 1. The Bertz CT molecular complexity index is 849. The summed E-state index contributed by atoms with van der Waals surface area (Å²) < 4.78 is 16.1. The molecule has 1 N–H and O–H groups in total. The number of carbonyl (C=O) groups is 1. The maximum atomic E-state index is 14.2. The maximum Gasteiger partial charge on any atom is 0.269 e. The third-order valence-electron chi connectivity index (χ3n) is 4.06. The zero-order valence-corrected chi connectivity index (χ0v) is 16.3. The summed E-state index contributed by atoms with van der Waals surface area (Å²) in [5.41, 5.74) is 1.20. The van der Waals surface area contributed by atoms with Crippen LogP contribution < -0.4 is 5.56 Å². The molecule has 1 heterocycles. The first-order valence-electron chi connectivity index (χ1n) is 8.00. The number of unbranched alkanes of at least 4 members (excludes halogenated alkanes) is 1. The quantitative estimate of drug-likeness (QED) is 0.394. The summed E-state index contributed by atoms with van der Waals surface area (Å²) in [5, 5.41) is 13.0. The van der Waals surface area contributed by atoms with Crippen molar-refractivity contribution in [2.75, 3.05) is 6.61 Å². The van der Waals surface area contributed by atoms with E-state index in [4.69, 9.17) is 5.11 Å².